The third-order valence-electron chi connectivity index (χ3n) is 1.84. The summed E-state index contributed by atoms with van der Waals surface area (Å²) < 4.78 is 0. The van der Waals surface area contributed by atoms with Crippen LogP contribution >= 0.6 is 12.6 Å². The Morgan fingerprint density at radius 3 is 2.25 bits per heavy atom. The highest BCUT2D eigenvalue weighted by molar-refractivity contribution is 7.80. The summed E-state index contributed by atoms with van der Waals surface area (Å²) >= 11 is 4.35. The number of hydrogen-bond donors (Lipinski definition) is 1. The zero-order chi connectivity index (χ0) is 9.56. The van der Waals surface area contributed by atoms with E-state index in [0.29, 0.717) is 5.25 Å². The molecule has 1 unspecified atom stereocenters. The van der Waals surface area contributed by atoms with Gasteiger partial charge in [0.1, 0.15) is 0 Å². The van der Waals surface area contributed by atoms with Crippen LogP contribution in [0.15, 0.2) is 0 Å². The summed E-state index contributed by atoms with van der Waals surface area (Å²) in [6, 6.07) is 0. The van der Waals surface area contributed by atoms with Gasteiger partial charge in [-0.25, -0.2) is 0 Å². The fraction of sp³-hybridized carbons (Fsp3) is 1.00. The Morgan fingerprint density at radius 2 is 1.83 bits per heavy atom. The number of hydrogen-bond acceptors (Lipinski definition) is 2. The van der Waals surface area contributed by atoms with Crippen molar-refractivity contribution in [1.29, 1.82) is 0 Å². The Hall–Kier alpha value is 0.310. The molecule has 1 nitrogen and oxygen atoms in total. The molecule has 0 rings (SSSR count). The van der Waals surface area contributed by atoms with Gasteiger partial charge in [-0.1, -0.05) is 20.8 Å². The van der Waals surface area contributed by atoms with Crippen LogP contribution in [0.25, 0.3) is 0 Å². The topological polar surface area (TPSA) is 3.24 Å². The van der Waals surface area contributed by atoms with E-state index in [4.69, 9.17) is 0 Å². The average molecular weight is 189 g/mol. The summed E-state index contributed by atoms with van der Waals surface area (Å²) in [5, 5.41) is 0.553. The van der Waals surface area contributed by atoms with E-state index in [1.807, 2.05) is 0 Å². The molecule has 0 saturated heterocycles. The van der Waals surface area contributed by atoms with Crippen LogP contribution in [0.1, 0.15) is 33.6 Å². The molecule has 0 N–H and O–H groups in total. The molecule has 12 heavy (non-hydrogen) atoms. The molecular formula is C10H23NS. The molecule has 0 bridgehead atoms. The zero-order valence-corrected chi connectivity index (χ0v) is 9.77. The molecule has 0 fully saturated rings. The molecule has 74 valence electrons. The minimum atomic E-state index is 0.553. The molecule has 0 aliphatic rings. The van der Waals surface area contributed by atoms with E-state index in [-0.39, 0.29) is 0 Å². The first-order valence-electron chi connectivity index (χ1n) is 4.89. The summed E-state index contributed by atoms with van der Waals surface area (Å²) in [5.41, 5.74) is 0. The van der Waals surface area contributed by atoms with Crippen LogP contribution in [-0.2, 0) is 0 Å². The normalized spacial score (nSPS) is 14.2. The van der Waals surface area contributed by atoms with Crippen LogP contribution in [0.5, 0.6) is 0 Å². The SMILES string of the molecule is CC(C)CN(C)CCCC(C)S. The van der Waals surface area contributed by atoms with E-state index < -0.39 is 0 Å². The third-order valence-corrected chi connectivity index (χ3v) is 2.10. The Bertz CT molecular complexity index is 102. The number of rotatable bonds is 6. The standard InChI is InChI=1S/C10H23NS/c1-9(2)8-11(4)7-5-6-10(3)12/h9-10,12H,5-8H2,1-4H3. The second-order valence-electron chi connectivity index (χ2n) is 4.15. The van der Waals surface area contributed by atoms with Crippen molar-refractivity contribution in [3.05, 3.63) is 0 Å². The lowest BCUT2D eigenvalue weighted by atomic mass is 10.2. The molecule has 0 radical (unpaired) electrons. The highest BCUT2D eigenvalue weighted by Crippen LogP contribution is 2.04. The Morgan fingerprint density at radius 1 is 1.25 bits per heavy atom. The lowest BCUT2D eigenvalue weighted by Crippen LogP contribution is -2.24. The monoisotopic (exact) mass is 189 g/mol. The van der Waals surface area contributed by atoms with Crippen molar-refractivity contribution in [2.45, 2.75) is 38.9 Å². The maximum absolute atomic E-state index is 4.35. The van der Waals surface area contributed by atoms with Gasteiger partial charge in [-0.2, -0.15) is 12.6 Å². The van der Waals surface area contributed by atoms with Crippen LogP contribution in [-0.4, -0.2) is 30.3 Å². The predicted octanol–water partition coefficient (Wildman–Crippen LogP) is 2.67. The molecule has 0 aromatic heterocycles. The summed E-state index contributed by atoms with van der Waals surface area (Å²) in [7, 11) is 2.20. The van der Waals surface area contributed by atoms with Crippen LogP contribution in [0.2, 0.25) is 0 Å². The maximum Gasteiger partial charge on any atom is 0.000133 e. The third kappa shape index (κ3) is 8.41. The van der Waals surface area contributed by atoms with Gasteiger partial charge in [0, 0.05) is 6.54 Å². The minimum Gasteiger partial charge on any atom is -0.306 e. The minimum absolute atomic E-state index is 0.553. The highest BCUT2D eigenvalue weighted by Gasteiger charge is 2.01. The van der Waals surface area contributed by atoms with E-state index in [2.05, 4.69) is 45.3 Å². The van der Waals surface area contributed by atoms with Crippen LogP contribution in [0, 0.1) is 5.92 Å². The molecule has 0 saturated carbocycles. The van der Waals surface area contributed by atoms with Gasteiger partial charge in [0.15, 0.2) is 0 Å². The van der Waals surface area contributed by atoms with Crippen molar-refractivity contribution in [2.24, 2.45) is 5.92 Å². The molecule has 0 heterocycles. The van der Waals surface area contributed by atoms with Gasteiger partial charge in [-0.15, -0.1) is 0 Å². The van der Waals surface area contributed by atoms with Gasteiger partial charge in [-0.05, 0) is 37.6 Å². The van der Waals surface area contributed by atoms with E-state index in [0.717, 1.165) is 5.92 Å². The molecule has 0 aliphatic carbocycles. The summed E-state index contributed by atoms with van der Waals surface area (Å²) in [5.74, 6) is 0.781. The van der Waals surface area contributed by atoms with Crippen molar-refractivity contribution in [1.82, 2.24) is 4.90 Å². The second kappa shape index (κ2) is 6.79. The molecule has 2 heteroatoms. The first-order valence-corrected chi connectivity index (χ1v) is 5.40. The van der Waals surface area contributed by atoms with Crippen molar-refractivity contribution in [3.8, 4) is 0 Å². The quantitative estimate of drug-likeness (QED) is 0.629. The van der Waals surface area contributed by atoms with Gasteiger partial charge in [0.25, 0.3) is 0 Å². The molecular weight excluding hydrogens is 166 g/mol. The van der Waals surface area contributed by atoms with Crippen molar-refractivity contribution < 1.29 is 0 Å². The van der Waals surface area contributed by atoms with Crippen LogP contribution in [0.4, 0.5) is 0 Å². The van der Waals surface area contributed by atoms with E-state index in [1.165, 1.54) is 25.9 Å². The van der Waals surface area contributed by atoms with Crippen LogP contribution < -0.4 is 0 Å². The predicted molar refractivity (Wildman–Crippen MR) is 60.0 cm³/mol. The van der Waals surface area contributed by atoms with E-state index in [1.54, 1.807) is 0 Å². The van der Waals surface area contributed by atoms with Crippen molar-refractivity contribution in [2.75, 3.05) is 20.1 Å². The van der Waals surface area contributed by atoms with Crippen LogP contribution in [0.3, 0.4) is 0 Å². The summed E-state index contributed by atoms with van der Waals surface area (Å²) in [6.45, 7) is 9.10. The molecule has 0 aromatic carbocycles. The zero-order valence-electron chi connectivity index (χ0n) is 8.88. The van der Waals surface area contributed by atoms with Gasteiger partial charge in [0.05, 0.1) is 0 Å². The van der Waals surface area contributed by atoms with Crippen molar-refractivity contribution >= 4 is 12.6 Å². The molecule has 0 spiro atoms. The molecule has 0 aromatic rings. The lowest BCUT2D eigenvalue weighted by Gasteiger charge is -2.18. The Labute approximate surface area is 82.9 Å². The second-order valence-corrected chi connectivity index (χ2v) is 5.03. The Balaban J connectivity index is 3.25. The molecule has 0 amide bonds. The average Bonchev–Trinajstić information content (AvgIpc) is 1.84. The largest absolute Gasteiger partial charge is 0.306 e. The van der Waals surface area contributed by atoms with Gasteiger partial charge < -0.3 is 4.90 Å². The van der Waals surface area contributed by atoms with Gasteiger partial charge >= 0.3 is 0 Å². The lowest BCUT2D eigenvalue weighted by molar-refractivity contribution is 0.290. The first-order chi connectivity index (χ1) is 5.52. The fourth-order valence-electron chi connectivity index (χ4n) is 1.37. The fourth-order valence-corrected chi connectivity index (χ4v) is 1.55. The van der Waals surface area contributed by atoms with Gasteiger partial charge in [0.2, 0.25) is 0 Å². The molecule has 1 atom stereocenters. The smallest absolute Gasteiger partial charge is 0.000133 e. The van der Waals surface area contributed by atoms with E-state index >= 15 is 0 Å². The summed E-state index contributed by atoms with van der Waals surface area (Å²) in [6.07, 6.45) is 2.50. The number of nitrogens with zero attached hydrogens (tertiary/aromatic N) is 1. The summed E-state index contributed by atoms with van der Waals surface area (Å²) in [4.78, 5) is 2.40. The maximum atomic E-state index is 4.35. The highest BCUT2D eigenvalue weighted by atomic mass is 32.1. The first kappa shape index (κ1) is 12.3. The van der Waals surface area contributed by atoms with Gasteiger partial charge in [-0.3, -0.25) is 0 Å². The number of thiol groups is 1. The van der Waals surface area contributed by atoms with E-state index in [9.17, 15) is 0 Å². The molecule has 0 aliphatic heterocycles. The Kier molecular flexibility index (Phi) is 6.96. The van der Waals surface area contributed by atoms with Crippen molar-refractivity contribution in [3.63, 3.8) is 0 Å².